The van der Waals surface area contributed by atoms with E-state index in [-0.39, 0.29) is 16.2 Å². The third-order valence-electron chi connectivity index (χ3n) is 5.47. The van der Waals surface area contributed by atoms with E-state index < -0.39 is 26.8 Å². The van der Waals surface area contributed by atoms with Crippen LogP contribution in [0.4, 0.5) is 0 Å². The summed E-state index contributed by atoms with van der Waals surface area (Å²) in [6.45, 7) is 3.53. The molecule has 8 nitrogen and oxygen atoms in total. The van der Waals surface area contributed by atoms with E-state index in [1.54, 1.807) is 10.6 Å². The van der Waals surface area contributed by atoms with Gasteiger partial charge in [-0.2, -0.15) is 0 Å². The maximum Gasteiger partial charge on any atom is 0.331 e. The molecule has 9 heteroatoms. The number of benzene rings is 1. The number of ether oxygens (including phenoxy) is 1. The van der Waals surface area contributed by atoms with E-state index in [0.717, 1.165) is 23.8 Å². The molecule has 0 bridgehead atoms. The van der Waals surface area contributed by atoms with E-state index in [1.165, 1.54) is 19.2 Å². The van der Waals surface area contributed by atoms with Crippen molar-refractivity contribution in [3.05, 3.63) is 39.0 Å². The first-order chi connectivity index (χ1) is 12.7. The Morgan fingerprint density at radius 1 is 1.30 bits per heavy atom. The summed E-state index contributed by atoms with van der Waals surface area (Å²) in [5, 5.41) is 0.222. The Balaban J connectivity index is 1.83. The van der Waals surface area contributed by atoms with Gasteiger partial charge in [0.25, 0.3) is 5.56 Å². The average molecular weight is 393 g/mol. The standard InChI is InChI=1S/C18H23N3O5S/c1-18(6-7-18)19-27(24,25)13-3-4-15-14(9-13)16(22)20(2)17(23)21(15)10-12-5-8-26-11-12/h3-4,9,12,19H,5-8,10-11H2,1-2H3. The molecule has 4 rings (SSSR count). The molecule has 146 valence electrons. The lowest BCUT2D eigenvalue weighted by Gasteiger charge is -2.16. The van der Waals surface area contributed by atoms with Crippen LogP contribution in [0.1, 0.15) is 26.2 Å². The van der Waals surface area contributed by atoms with Crippen LogP contribution < -0.4 is 16.0 Å². The van der Waals surface area contributed by atoms with Gasteiger partial charge in [-0.1, -0.05) is 0 Å². The predicted octanol–water partition coefficient (Wildman–Crippen LogP) is 0.567. The lowest BCUT2D eigenvalue weighted by Crippen LogP contribution is -2.39. The Hall–Kier alpha value is -1.97. The van der Waals surface area contributed by atoms with Crippen molar-refractivity contribution in [2.24, 2.45) is 13.0 Å². The van der Waals surface area contributed by atoms with Crippen molar-refractivity contribution in [3.63, 3.8) is 0 Å². The van der Waals surface area contributed by atoms with E-state index in [4.69, 9.17) is 4.74 Å². The third-order valence-corrected chi connectivity index (χ3v) is 7.10. The highest BCUT2D eigenvalue weighted by molar-refractivity contribution is 7.89. The van der Waals surface area contributed by atoms with Gasteiger partial charge >= 0.3 is 5.69 Å². The molecule has 2 aliphatic rings. The van der Waals surface area contributed by atoms with Gasteiger partial charge in [0.05, 0.1) is 22.4 Å². The quantitative estimate of drug-likeness (QED) is 0.801. The van der Waals surface area contributed by atoms with Crippen LogP contribution in [0.3, 0.4) is 0 Å². The monoisotopic (exact) mass is 393 g/mol. The molecular weight excluding hydrogens is 370 g/mol. The molecule has 1 saturated heterocycles. The van der Waals surface area contributed by atoms with Gasteiger partial charge in [0.2, 0.25) is 10.0 Å². The summed E-state index contributed by atoms with van der Waals surface area (Å²) in [5.41, 5.74) is -0.853. The number of aromatic nitrogens is 2. The second kappa shape index (κ2) is 6.29. The fourth-order valence-corrected chi connectivity index (χ4v) is 4.97. The van der Waals surface area contributed by atoms with E-state index in [9.17, 15) is 18.0 Å². The molecule has 27 heavy (non-hydrogen) atoms. The number of nitrogens with zero attached hydrogens (tertiary/aromatic N) is 2. The van der Waals surface area contributed by atoms with Crippen LogP contribution in [0, 0.1) is 5.92 Å². The molecular formula is C18H23N3O5S. The van der Waals surface area contributed by atoms with Gasteiger partial charge in [0.1, 0.15) is 0 Å². The summed E-state index contributed by atoms with van der Waals surface area (Å²) in [6.07, 6.45) is 2.45. The minimum absolute atomic E-state index is 0.0367. The zero-order chi connectivity index (χ0) is 19.4. The Morgan fingerprint density at radius 3 is 2.67 bits per heavy atom. The summed E-state index contributed by atoms with van der Waals surface area (Å²) in [4.78, 5) is 25.3. The van der Waals surface area contributed by atoms with Crippen molar-refractivity contribution >= 4 is 20.9 Å². The van der Waals surface area contributed by atoms with Crippen molar-refractivity contribution < 1.29 is 13.2 Å². The molecule has 1 N–H and O–H groups in total. The normalized spacial score (nSPS) is 21.6. The lowest BCUT2D eigenvalue weighted by molar-refractivity contribution is 0.182. The molecule has 1 saturated carbocycles. The minimum Gasteiger partial charge on any atom is -0.381 e. The Morgan fingerprint density at radius 2 is 2.04 bits per heavy atom. The summed E-state index contributed by atoms with van der Waals surface area (Å²) in [6, 6.07) is 4.38. The molecule has 1 atom stereocenters. The Kier molecular flexibility index (Phi) is 4.28. The topological polar surface area (TPSA) is 99.4 Å². The molecule has 2 fully saturated rings. The van der Waals surface area contributed by atoms with Crippen LogP contribution in [0.15, 0.2) is 32.7 Å². The van der Waals surface area contributed by atoms with Gasteiger partial charge in [0.15, 0.2) is 0 Å². The fraction of sp³-hybridized carbons (Fsp3) is 0.556. The number of nitrogens with one attached hydrogen (secondary N) is 1. The second-order valence-electron chi connectivity index (χ2n) is 7.83. The van der Waals surface area contributed by atoms with Crippen molar-refractivity contribution in [2.45, 2.75) is 43.2 Å². The van der Waals surface area contributed by atoms with E-state index in [0.29, 0.717) is 25.3 Å². The predicted molar refractivity (Wildman–Crippen MR) is 100 cm³/mol. The van der Waals surface area contributed by atoms with Crippen molar-refractivity contribution in [1.82, 2.24) is 13.9 Å². The van der Waals surface area contributed by atoms with Crippen LogP contribution in [-0.2, 0) is 28.4 Å². The molecule has 1 aromatic heterocycles. The molecule has 2 aromatic rings. The van der Waals surface area contributed by atoms with Gasteiger partial charge in [-0.3, -0.25) is 13.9 Å². The molecule has 0 spiro atoms. The highest BCUT2D eigenvalue weighted by Gasteiger charge is 2.41. The van der Waals surface area contributed by atoms with E-state index in [2.05, 4.69) is 4.72 Å². The molecule has 1 aromatic carbocycles. The molecule has 2 heterocycles. The van der Waals surface area contributed by atoms with E-state index >= 15 is 0 Å². The first-order valence-electron chi connectivity index (χ1n) is 9.05. The zero-order valence-corrected chi connectivity index (χ0v) is 16.2. The SMILES string of the molecule is Cn1c(=O)c2cc(S(=O)(=O)NC3(C)CC3)ccc2n(CC2CCOC2)c1=O. The number of hydrogen-bond acceptors (Lipinski definition) is 5. The highest BCUT2D eigenvalue weighted by atomic mass is 32.2. The number of rotatable bonds is 5. The first kappa shape index (κ1) is 18.4. The highest BCUT2D eigenvalue weighted by Crippen LogP contribution is 2.36. The number of fused-ring (bicyclic) bond motifs is 1. The molecule has 0 amide bonds. The van der Waals surface area contributed by atoms with Gasteiger partial charge in [-0.05, 0) is 44.4 Å². The van der Waals surface area contributed by atoms with Crippen LogP contribution >= 0.6 is 0 Å². The Labute approximate surface area is 156 Å². The third kappa shape index (κ3) is 3.35. The molecule has 1 unspecified atom stereocenters. The van der Waals surface area contributed by atoms with Crippen LogP contribution in [0.5, 0.6) is 0 Å². The van der Waals surface area contributed by atoms with Crippen molar-refractivity contribution in [1.29, 1.82) is 0 Å². The largest absolute Gasteiger partial charge is 0.381 e. The van der Waals surface area contributed by atoms with Crippen LogP contribution in [-0.4, -0.2) is 36.3 Å². The molecule has 1 aliphatic carbocycles. The molecule has 1 aliphatic heterocycles. The second-order valence-corrected chi connectivity index (χ2v) is 9.51. The summed E-state index contributed by atoms with van der Waals surface area (Å²) >= 11 is 0. The zero-order valence-electron chi connectivity index (χ0n) is 15.4. The summed E-state index contributed by atoms with van der Waals surface area (Å²) < 4.78 is 35.9. The van der Waals surface area contributed by atoms with Crippen molar-refractivity contribution in [2.75, 3.05) is 13.2 Å². The lowest BCUT2D eigenvalue weighted by atomic mass is 10.1. The van der Waals surface area contributed by atoms with Gasteiger partial charge in [0, 0.05) is 31.7 Å². The average Bonchev–Trinajstić information content (AvgIpc) is 3.12. The van der Waals surface area contributed by atoms with Gasteiger partial charge < -0.3 is 4.74 Å². The summed E-state index contributed by atoms with van der Waals surface area (Å²) in [7, 11) is -2.31. The maximum absolute atomic E-state index is 12.7. The fourth-order valence-electron chi connectivity index (χ4n) is 3.48. The summed E-state index contributed by atoms with van der Waals surface area (Å²) in [5.74, 6) is 0.197. The van der Waals surface area contributed by atoms with Crippen LogP contribution in [0.25, 0.3) is 10.9 Å². The Bertz CT molecular complexity index is 1120. The maximum atomic E-state index is 12.7. The van der Waals surface area contributed by atoms with Crippen molar-refractivity contribution in [3.8, 4) is 0 Å². The van der Waals surface area contributed by atoms with Crippen LogP contribution in [0.2, 0.25) is 0 Å². The minimum atomic E-state index is -3.73. The first-order valence-corrected chi connectivity index (χ1v) is 10.5. The number of sulfonamides is 1. The molecule has 0 radical (unpaired) electrons. The van der Waals surface area contributed by atoms with Gasteiger partial charge in [-0.25, -0.2) is 17.9 Å². The van der Waals surface area contributed by atoms with E-state index in [1.807, 2.05) is 6.92 Å². The smallest absolute Gasteiger partial charge is 0.331 e. The van der Waals surface area contributed by atoms with Gasteiger partial charge in [-0.15, -0.1) is 0 Å². The number of hydrogen-bond donors (Lipinski definition) is 1.